The number of hydrogen-bond donors (Lipinski definition) is 1. The molecule has 5 rings (SSSR count). The Hall–Kier alpha value is -2.37. The molecule has 2 aromatic rings. The maximum absolute atomic E-state index is 6.47. The summed E-state index contributed by atoms with van der Waals surface area (Å²) >= 11 is 0. The Bertz CT molecular complexity index is 919. The van der Waals surface area contributed by atoms with E-state index in [4.69, 9.17) is 20.3 Å². The number of ether oxygens (including phenoxy) is 1. The van der Waals surface area contributed by atoms with Gasteiger partial charge in [0.05, 0.1) is 6.10 Å². The van der Waals surface area contributed by atoms with Crippen molar-refractivity contribution in [1.29, 1.82) is 0 Å². The monoisotopic (exact) mass is 377 g/mol. The van der Waals surface area contributed by atoms with E-state index in [1.165, 1.54) is 16.7 Å². The van der Waals surface area contributed by atoms with Gasteiger partial charge < -0.3 is 10.5 Å². The summed E-state index contributed by atoms with van der Waals surface area (Å²) in [4.78, 5) is 11.4. The van der Waals surface area contributed by atoms with E-state index in [1.807, 2.05) is 20.2 Å². The molecule has 2 aromatic carbocycles. The van der Waals surface area contributed by atoms with Gasteiger partial charge in [-0.05, 0) is 54.9 Å². The highest BCUT2D eigenvalue weighted by molar-refractivity contribution is 5.79. The van der Waals surface area contributed by atoms with Crippen molar-refractivity contribution in [3.05, 3.63) is 59.7 Å². The van der Waals surface area contributed by atoms with E-state index >= 15 is 0 Å². The van der Waals surface area contributed by atoms with Gasteiger partial charge >= 0.3 is 0 Å². The van der Waals surface area contributed by atoms with Gasteiger partial charge in [0.2, 0.25) is 11.7 Å². The lowest BCUT2D eigenvalue weighted by Crippen LogP contribution is -2.46. The Morgan fingerprint density at radius 1 is 1.11 bits per heavy atom. The Balaban J connectivity index is 1.63. The molecule has 2 aliphatic carbocycles. The first-order valence-electron chi connectivity index (χ1n) is 10.1. The minimum Gasteiger partial charge on any atom is -0.381 e. The van der Waals surface area contributed by atoms with Crippen LogP contribution < -0.4 is 5.73 Å². The second-order valence-corrected chi connectivity index (χ2v) is 8.33. The summed E-state index contributed by atoms with van der Waals surface area (Å²) in [6.45, 7) is 0. The zero-order valence-corrected chi connectivity index (χ0v) is 16.5. The van der Waals surface area contributed by atoms with Crippen LogP contribution in [0.2, 0.25) is 0 Å². The molecule has 1 heterocycles. The minimum atomic E-state index is -0.731. The van der Waals surface area contributed by atoms with Gasteiger partial charge in [0.25, 0.3) is 0 Å². The molecule has 146 valence electrons. The quantitative estimate of drug-likeness (QED) is 0.864. The third-order valence-corrected chi connectivity index (χ3v) is 6.92. The number of hydroxylamine groups is 2. The molecule has 3 aliphatic rings. The number of hydrogen-bond acceptors (Lipinski definition) is 5. The maximum atomic E-state index is 6.47. The van der Waals surface area contributed by atoms with Crippen LogP contribution in [0.1, 0.15) is 36.8 Å². The fourth-order valence-electron chi connectivity index (χ4n) is 5.34. The Kier molecular flexibility index (Phi) is 4.00. The van der Waals surface area contributed by atoms with Crippen molar-refractivity contribution in [2.45, 2.75) is 43.9 Å². The molecule has 1 saturated carbocycles. The van der Waals surface area contributed by atoms with Crippen molar-refractivity contribution < 1.29 is 9.57 Å². The van der Waals surface area contributed by atoms with E-state index in [0.29, 0.717) is 12.1 Å². The normalized spacial score (nSPS) is 31.4. The van der Waals surface area contributed by atoms with Gasteiger partial charge in [0.15, 0.2) is 0 Å². The SMILES string of the molecule is COC1CCC2(CC1)Cc1ccc(-c3ccccc3)cc1C21N=C(N)N(C)O1. The summed E-state index contributed by atoms with van der Waals surface area (Å²) in [6, 6.07) is 17.2. The first-order chi connectivity index (χ1) is 13.6. The van der Waals surface area contributed by atoms with Crippen molar-refractivity contribution in [3.8, 4) is 11.1 Å². The summed E-state index contributed by atoms with van der Waals surface area (Å²) in [7, 11) is 3.66. The molecule has 0 amide bonds. The number of benzene rings is 2. The first kappa shape index (κ1) is 17.7. The number of guanidine groups is 1. The van der Waals surface area contributed by atoms with Gasteiger partial charge in [-0.25, -0.2) is 14.9 Å². The van der Waals surface area contributed by atoms with Gasteiger partial charge in [0, 0.05) is 25.1 Å². The Morgan fingerprint density at radius 3 is 2.50 bits per heavy atom. The number of rotatable bonds is 2. The number of fused-ring (bicyclic) bond motifs is 3. The number of nitrogens with two attached hydrogens (primary N) is 1. The fourth-order valence-corrected chi connectivity index (χ4v) is 5.34. The van der Waals surface area contributed by atoms with Crippen molar-refractivity contribution in [2.75, 3.05) is 14.2 Å². The molecular weight excluding hydrogens is 350 g/mol. The number of nitrogens with zero attached hydrogens (tertiary/aromatic N) is 2. The van der Waals surface area contributed by atoms with E-state index in [9.17, 15) is 0 Å². The van der Waals surface area contributed by atoms with Crippen molar-refractivity contribution in [2.24, 2.45) is 16.1 Å². The third kappa shape index (κ3) is 2.43. The first-order valence-corrected chi connectivity index (χ1v) is 10.1. The van der Waals surface area contributed by atoms with Crippen LogP contribution in [0.4, 0.5) is 0 Å². The molecule has 1 atom stereocenters. The van der Waals surface area contributed by atoms with E-state index in [2.05, 4.69) is 42.5 Å². The number of aliphatic imine (C=N–C) groups is 1. The second-order valence-electron chi connectivity index (χ2n) is 8.33. The lowest BCUT2D eigenvalue weighted by atomic mass is 9.66. The third-order valence-electron chi connectivity index (χ3n) is 6.92. The standard InChI is InChI=1S/C23H27N3O2/c1-26-21(24)25-23(28-26)20-14-17(16-6-4-3-5-7-16)8-9-18(20)15-22(23)12-10-19(27-2)11-13-22/h3-9,14,19H,10-13,15H2,1-2H3,(H2,24,25). The smallest absolute Gasteiger partial charge is 0.220 e. The van der Waals surface area contributed by atoms with Crippen LogP contribution in [0.3, 0.4) is 0 Å². The summed E-state index contributed by atoms with van der Waals surface area (Å²) in [6.07, 6.45) is 5.39. The molecule has 5 heteroatoms. The van der Waals surface area contributed by atoms with Gasteiger partial charge in [0.1, 0.15) is 0 Å². The highest BCUT2D eigenvalue weighted by atomic mass is 16.7. The zero-order chi connectivity index (χ0) is 19.4. The fraction of sp³-hybridized carbons (Fsp3) is 0.435. The van der Waals surface area contributed by atoms with E-state index in [0.717, 1.165) is 37.7 Å². The molecule has 0 radical (unpaired) electrons. The summed E-state index contributed by atoms with van der Waals surface area (Å²) in [5.74, 6) is 0.450. The van der Waals surface area contributed by atoms with Crippen LogP contribution in [-0.4, -0.2) is 31.3 Å². The molecule has 0 aromatic heterocycles. The van der Waals surface area contributed by atoms with Crippen molar-refractivity contribution >= 4 is 5.96 Å². The summed E-state index contributed by atoms with van der Waals surface area (Å²) in [5.41, 5.74) is 10.3. The zero-order valence-electron chi connectivity index (χ0n) is 16.5. The Labute approximate surface area is 166 Å². The Morgan fingerprint density at radius 2 is 1.86 bits per heavy atom. The summed E-state index contributed by atoms with van der Waals surface area (Å²) in [5, 5.41) is 1.63. The van der Waals surface area contributed by atoms with Crippen LogP contribution in [0.15, 0.2) is 53.5 Å². The van der Waals surface area contributed by atoms with Crippen LogP contribution >= 0.6 is 0 Å². The van der Waals surface area contributed by atoms with Gasteiger partial charge in [-0.15, -0.1) is 0 Å². The highest BCUT2D eigenvalue weighted by Crippen LogP contribution is 2.62. The van der Waals surface area contributed by atoms with Gasteiger partial charge in [-0.2, -0.15) is 0 Å². The molecule has 28 heavy (non-hydrogen) atoms. The van der Waals surface area contributed by atoms with Crippen LogP contribution in [0, 0.1) is 5.41 Å². The van der Waals surface area contributed by atoms with Crippen LogP contribution in [0.25, 0.3) is 11.1 Å². The molecule has 0 bridgehead atoms. The molecular formula is C23H27N3O2. The molecule has 2 spiro atoms. The number of methoxy groups -OCH3 is 1. The molecule has 0 saturated heterocycles. The predicted octanol–water partition coefficient (Wildman–Crippen LogP) is 3.83. The largest absolute Gasteiger partial charge is 0.381 e. The van der Waals surface area contributed by atoms with E-state index in [-0.39, 0.29) is 5.41 Å². The van der Waals surface area contributed by atoms with E-state index in [1.54, 1.807) is 5.06 Å². The van der Waals surface area contributed by atoms with Crippen molar-refractivity contribution in [3.63, 3.8) is 0 Å². The maximum Gasteiger partial charge on any atom is 0.220 e. The molecule has 1 unspecified atom stereocenters. The predicted molar refractivity (Wildman–Crippen MR) is 109 cm³/mol. The van der Waals surface area contributed by atoms with Crippen LogP contribution in [-0.2, 0) is 21.7 Å². The lowest BCUT2D eigenvalue weighted by molar-refractivity contribution is -0.232. The topological polar surface area (TPSA) is 60.1 Å². The molecule has 1 aliphatic heterocycles. The average Bonchev–Trinajstić information content (AvgIpc) is 3.17. The van der Waals surface area contributed by atoms with E-state index < -0.39 is 5.72 Å². The minimum absolute atomic E-state index is 0.0744. The van der Waals surface area contributed by atoms with Crippen molar-refractivity contribution in [1.82, 2.24) is 5.06 Å². The highest BCUT2D eigenvalue weighted by Gasteiger charge is 2.63. The molecule has 5 nitrogen and oxygen atoms in total. The average molecular weight is 377 g/mol. The molecule has 1 fully saturated rings. The molecule has 2 N–H and O–H groups in total. The summed E-state index contributed by atoms with van der Waals surface area (Å²) < 4.78 is 5.63. The second kappa shape index (κ2) is 6.33. The lowest BCUT2D eigenvalue weighted by Gasteiger charge is -2.45. The van der Waals surface area contributed by atoms with Crippen LogP contribution in [0.5, 0.6) is 0 Å². The van der Waals surface area contributed by atoms with Gasteiger partial charge in [-0.1, -0.05) is 42.5 Å². The van der Waals surface area contributed by atoms with Gasteiger partial charge in [-0.3, -0.25) is 0 Å².